The van der Waals surface area contributed by atoms with Crippen LogP contribution in [0.2, 0.25) is 0 Å². The van der Waals surface area contributed by atoms with Crippen LogP contribution in [0.15, 0.2) is 41.3 Å². The maximum absolute atomic E-state index is 13.5. The fourth-order valence-corrected chi connectivity index (χ4v) is 2.44. The highest BCUT2D eigenvalue weighted by atomic mass is 32.2. The Hall–Kier alpha value is -2.49. The van der Waals surface area contributed by atoms with Crippen LogP contribution >= 0.6 is 0 Å². The Kier molecular flexibility index (Phi) is 4.88. The summed E-state index contributed by atoms with van der Waals surface area (Å²) >= 11 is 0. The predicted octanol–water partition coefficient (Wildman–Crippen LogP) is 3.35. The SMILES string of the molecule is O=C(Nc1ccc(F)c(F)c1F)c1ccc(S(=O)(=O)C(F)F)cc1. The summed E-state index contributed by atoms with van der Waals surface area (Å²) in [5.41, 5.74) is -0.837. The third-order valence-electron chi connectivity index (χ3n) is 2.96. The van der Waals surface area contributed by atoms with Crippen molar-refractivity contribution in [1.82, 2.24) is 0 Å². The van der Waals surface area contributed by atoms with Gasteiger partial charge in [-0.3, -0.25) is 4.79 Å². The van der Waals surface area contributed by atoms with E-state index in [2.05, 4.69) is 0 Å². The Balaban J connectivity index is 2.24. The van der Waals surface area contributed by atoms with E-state index in [-0.39, 0.29) is 5.56 Å². The summed E-state index contributed by atoms with van der Waals surface area (Å²) in [6.45, 7) is 0. The molecule has 0 bridgehead atoms. The molecule has 0 fully saturated rings. The Labute approximate surface area is 132 Å². The summed E-state index contributed by atoms with van der Waals surface area (Å²) < 4.78 is 86.6. The van der Waals surface area contributed by atoms with Gasteiger partial charge in [0.05, 0.1) is 10.6 Å². The summed E-state index contributed by atoms with van der Waals surface area (Å²) in [5, 5.41) is 1.96. The van der Waals surface area contributed by atoms with Crippen LogP contribution < -0.4 is 5.32 Å². The first-order chi connectivity index (χ1) is 11.1. The number of alkyl halides is 2. The molecule has 0 spiro atoms. The zero-order valence-electron chi connectivity index (χ0n) is 11.6. The molecule has 24 heavy (non-hydrogen) atoms. The van der Waals surface area contributed by atoms with Crippen LogP contribution in [0.1, 0.15) is 10.4 Å². The Bertz CT molecular complexity index is 882. The van der Waals surface area contributed by atoms with Crippen molar-refractivity contribution in [2.45, 2.75) is 10.7 Å². The van der Waals surface area contributed by atoms with Crippen molar-refractivity contribution in [2.24, 2.45) is 0 Å². The zero-order valence-corrected chi connectivity index (χ0v) is 12.4. The number of nitrogens with one attached hydrogen (secondary N) is 1. The first-order valence-electron chi connectivity index (χ1n) is 6.21. The molecule has 2 rings (SSSR count). The molecule has 10 heteroatoms. The number of rotatable bonds is 4. The Morgan fingerprint density at radius 1 is 0.917 bits per heavy atom. The molecular formula is C14H8F5NO3S. The van der Waals surface area contributed by atoms with E-state index < -0.39 is 49.5 Å². The van der Waals surface area contributed by atoms with Crippen LogP contribution in [-0.2, 0) is 9.84 Å². The number of carbonyl (C=O) groups is 1. The molecule has 0 unspecified atom stereocenters. The van der Waals surface area contributed by atoms with E-state index in [0.29, 0.717) is 6.07 Å². The summed E-state index contributed by atoms with van der Waals surface area (Å²) in [5.74, 6) is -9.41. The van der Waals surface area contributed by atoms with Gasteiger partial charge in [0.2, 0.25) is 9.84 Å². The first-order valence-corrected chi connectivity index (χ1v) is 7.76. The van der Waals surface area contributed by atoms with E-state index in [1.807, 2.05) is 5.32 Å². The van der Waals surface area contributed by atoms with Gasteiger partial charge in [-0.15, -0.1) is 0 Å². The minimum Gasteiger partial charge on any atom is -0.319 e. The standard InChI is InChI=1S/C14H8F5NO3S/c15-9-5-6-10(12(17)11(9)16)20-13(21)7-1-3-8(4-2-7)24(22,23)14(18)19/h1-6,14H,(H,20,21). The molecule has 0 aliphatic carbocycles. The molecule has 1 N–H and O–H groups in total. The second kappa shape index (κ2) is 6.56. The van der Waals surface area contributed by atoms with Gasteiger partial charge >= 0.3 is 5.76 Å². The average molecular weight is 365 g/mol. The smallest absolute Gasteiger partial charge is 0.319 e. The highest BCUT2D eigenvalue weighted by Crippen LogP contribution is 2.22. The van der Waals surface area contributed by atoms with E-state index in [9.17, 15) is 35.2 Å². The lowest BCUT2D eigenvalue weighted by Crippen LogP contribution is -2.15. The maximum Gasteiger partial charge on any atom is 0.341 e. The molecule has 0 saturated carbocycles. The summed E-state index contributed by atoms with van der Waals surface area (Å²) in [6.07, 6.45) is 0. The van der Waals surface area contributed by atoms with Crippen LogP contribution in [0.3, 0.4) is 0 Å². The Morgan fingerprint density at radius 3 is 2.04 bits per heavy atom. The number of hydrogen-bond acceptors (Lipinski definition) is 3. The second-order valence-corrected chi connectivity index (χ2v) is 6.42. The van der Waals surface area contributed by atoms with Crippen molar-refractivity contribution in [3.8, 4) is 0 Å². The molecule has 0 aliphatic heterocycles. The van der Waals surface area contributed by atoms with Crippen LogP contribution in [-0.4, -0.2) is 20.1 Å². The van der Waals surface area contributed by atoms with E-state index in [1.54, 1.807) is 0 Å². The number of amides is 1. The van der Waals surface area contributed by atoms with E-state index in [0.717, 1.165) is 30.3 Å². The van der Waals surface area contributed by atoms with Gasteiger partial charge in [-0.1, -0.05) is 0 Å². The van der Waals surface area contributed by atoms with Crippen molar-refractivity contribution in [2.75, 3.05) is 5.32 Å². The topological polar surface area (TPSA) is 63.2 Å². The van der Waals surface area contributed by atoms with Gasteiger partial charge in [0, 0.05) is 5.56 Å². The van der Waals surface area contributed by atoms with Crippen LogP contribution in [0.5, 0.6) is 0 Å². The van der Waals surface area contributed by atoms with Gasteiger partial charge in [0.1, 0.15) is 0 Å². The van der Waals surface area contributed by atoms with Crippen LogP contribution in [0.4, 0.5) is 27.6 Å². The molecule has 128 valence electrons. The van der Waals surface area contributed by atoms with Gasteiger partial charge in [-0.25, -0.2) is 21.6 Å². The number of anilines is 1. The third kappa shape index (κ3) is 3.37. The fourth-order valence-electron chi connectivity index (χ4n) is 1.72. The van der Waals surface area contributed by atoms with Crippen molar-refractivity contribution in [1.29, 1.82) is 0 Å². The van der Waals surface area contributed by atoms with Crippen molar-refractivity contribution in [3.63, 3.8) is 0 Å². The van der Waals surface area contributed by atoms with E-state index in [4.69, 9.17) is 0 Å². The molecule has 0 aromatic heterocycles. The third-order valence-corrected chi connectivity index (χ3v) is 4.36. The van der Waals surface area contributed by atoms with Gasteiger partial charge in [0.25, 0.3) is 5.91 Å². The average Bonchev–Trinajstić information content (AvgIpc) is 2.55. The molecular weight excluding hydrogens is 357 g/mol. The van der Waals surface area contributed by atoms with Crippen molar-refractivity contribution < 1.29 is 35.2 Å². The van der Waals surface area contributed by atoms with Crippen LogP contribution in [0, 0.1) is 17.5 Å². The van der Waals surface area contributed by atoms with Crippen LogP contribution in [0.25, 0.3) is 0 Å². The number of hydrogen-bond donors (Lipinski definition) is 1. The lowest BCUT2D eigenvalue weighted by atomic mass is 10.2. The normalized spacial score (nSPS) is 11.6. The minimum absolute atomic E-state index is 0.202. The molecule has 0 saturated heterocycles. The summed E-state index contributed by atoms with van der Waals surface area (Å²) in [6, 6.07) is 4.79. The highest BCUT2D eigenvalue weighted by Gasteiger charge is 2.26. The van der Waals surface area contributed by atoms with E-state index in [1.165, 1.54) is 0 Å². The highest BCUT2D eigenvalue weighted by molar-refractivity contribution is 7.91. The Morgan fingerprint density at radius 2 is 1.50 bits per heavy atom. The molecule has 2 aromatic carbocycles. The number of halogens is 5. The maximum atomic E-state index is 13.5. The van der Waals surface area contributed by atoms with Gasteiger partial charge < -0.3 is 5.32 Å². The lowest BCUT2D eigenvalue weighted by Gasteiger charge is -2.08. The zero-order chi connectivity index (χ0) is 18.1. The number of carbonyl (C=O) groups excluding carboxylic acids is 1. The fraction of sp³-hybridized carbons (Fsp3) is 0.0714. The second-order valence-electron chi connectivity index (χ2n) is 4.51. The molecule has 4 nitrogen and oxygen atoms in total. The van der Waals surface area contributed by atoms with Gasteiger partial charge in [-0.2, -0.15) is 8.78 Å². The number of benzene rings is 2. The predicted molar refractivity (Wildman–Crippen MR) is 73.9 cm³/mol. The van der Waals surface area contributed by atoms with E-state index >= 15 is 0 Å². The molecule has 0 heterocycles. The summed E-state index contributed by atoms with van der Waals surface area (Å²) in [7, 11) is -4.81. The minimum atomic E-state index is -4.81. The largest absolute Gasteiger partial charge is 0.341 e. The molecule has 1 amide bonds. The molecule has 0 radical (unpaired) electrons. The quantitative estimate of drug-likeness (QED) is 0.668. The molecule has 0 atom stereocenters. The molecule has 2 aromatic rings. The number of sulfone groups is 1. The summed E-state index contributed by atoms with van der Waals surface area (Å²) in [4.78, 5) is 11.2. The van der Waals surface area contributed by atoms with Crippen molar-refractivity contribution in [3.05, 3.63) is 59.4 Å². The first kappa shape index (κ1) is 17.9. The van der Waals surface area contributed by atoms with Gasteiger partial charge in [-0.05, 0) is 36.4 Å². The van der Waals surface area contributed by atoms with Gasteiger partial charge in [0.15, 0.2) is 17.5 Å². The van der Waals surface area contributed by atoms with Crippen molar-refractivity contribution >= 4 is 21.4 Å². The molecule has 0 aliphatic rings. The lowest BCUT2D eigenvalue weighted by molar-refractivity contribution is 0.102. The monoisotopic (exact) mass is 365 g/mol.